The number of hydrogen-bond donors (Lipinski definition) is 1. The van der Waals surface area contributed by atoms with Gasteiger partial charge in [0.15, 0.2) is 0 Å². The lowest BCUT2D eigenvalue weighted by molar-refractivity contribution is -0.139. The van der Waals surface area contributed by atoms with Crippen molar-refractivity contribution in [2.45, 2.75) is 45.2 Å². The molecule has 0 unspecified atom stereocenters. The monoisotopic (exact) mass is 585 g/mol. The van der Waals surface area contributed by atoms with E-state index in [1.165, 1.54) is 17.0 Å². The molecular weight excluding hydrogens is 550 g/mol. The number of sulfonamides is 1. The van der Waals surface area contributed by atoms with Gasteiger partial charge in [0.05, 0.1) is 17.2 Å². The van der Waals surface area contributed by atoms with Gasteiger partial charge in [-0.3, -0.25) is 13.9 Å². The lowest BCUT2D eigenvalue weighted by Crippen LogP contribution is -2.51. The molecule has 0 radical (unpaired) electrons. The summed E-state index contributed by atoms with van der Waals surface area (Å²) in [4.78, 5) is 28.3. The Morgan fingerprint density at radius 2 is 1.55 bits per heavy atom. The van der Waals surface area contributed by atoms with Crippen molar-refractivity contribution < 1.29 is 22.7 Å². The Morgan fingerprint density at radius 3 is 2.15 bits per heavy atom. The Balaban J connectivity index is 1.99. The fraction of sp³-hybridized carbons (Fsp3) is 0.333. The zero-order valence-electron chi connectivity index (χ0n) is 23.2. The third kappa shape index (κ3) is 7.99. The number of nitrogens with one attached hydrogen (secondary N) is 1. The number of carbonyl (C=O) groups is 2. The summed E-state index contributed by atoms with van der Waals surface area (Å²) >= 11 is 6.39. The number of carbonyl (C=O) groups excluding carboxylic acids is 2. The first kappa shape index (κ1) is 31.0. The van der Waals surface area contributed by atoms with Crippen molar-refractivity contribution in [3.05, 3.63) is 89.4 Å². The molecule has 10 heteroatoms. The van der Waals surface area contributed by atoms with Gasteiger partial charge in [-0.25, -0.2) is 8.42 Å². The maximum atomic E-state index is 13.9. The van der Waals surface area contributed by atoms with Crippen molar-refractivity contribution in [1.82, 2.24) is 10.2 Å². The molecule has 0 saturated heterocycles. The highest BCUT2D eigenvalue weighted by atomic mass is 35.5. The largest absolute Gasteiger partial charge is 0.494 e. The number of hydrogen-bond acceptors (Lipinski definition) is 5. The highest BCUT2D eigenvalue weighted by Crippen LogP contribution is 2.26. The minimum Gasteiger partial charge on any atom is -0.494 e. The van der Waals surface area contributed by atoms with E-state index in [1.807, 2.05) is 20.8 Å². The number of rotatable bonds is 13. The Bertz CT molecular complexity index is 1380. The van der Waals surface area contributed by atoms with E-state index >= 15 is 0 Å². The van der Waals surface area contributed by atoms with Gasteiger partial charge < -0.3 is 15.0 Å². The predicted molar refractivity (Wildman–Crippen MR) is 158 cm³/mol. The van der Waals surface area contributed by atoms with E-state index in [-0.39, 0.29) is 23.3 Å². The summed E-state index contributed by atoms with van der Waals surface area (Å²) in [5.74, 6) is -0.132. The quantitative estimate of drug-likeness (QED) is 0.300. The van der Waals surface area contributed by atoms with Crippen LogP contribution in [0.1, 0.15) is 33.3 Å². The molecule has 0 saturated carbocycles. The molecule has 1 atom stereocenters. The third-order valence-electron chi connectivity index (χ3n) is 6.20. The normalized spacial score (nSPS) is 12.1. The van der Waals surface area contributed by atoms with Crippen LogP contribution < -0.4 is 14.4 Å². The van der Waals surface area contributed by atoms with Crippen LogP contribution in [-0.2, 0) is 26.2 Å². The number of halogens is 1. The molecule has 0 aliphatic rings. The van der Waals surface area contributed by atoms with Gasteiger partial charge in [-0.1, -0.05) is 61.8 Å². The molecule has 8 nitrogen and oxygen atoms in total. The molecule has 3 rings (SSSR count). The minimum atomic E-state index is -4.16. The molecule has 0 aliphatic carbocycles. The molecule has 1 N–H and O–H groups in total. The maximum absolute atomic E-state index is 13.9. The molecular formula is C30H36ClN3O5S. The van der Waals surface area contributed by atoms with Crippen LogP contribution in [0.15, 0.2) is 83.8 Å². The summed E-state index contributed by atoms with van der Waals surface area (Å²) in [6, 6.07) is 20.6. The summed E-state index contributed by atoms with van der Waals surface area (Å²) < 4.78 is 34.2. The Kier molecular flexibility index (Phi) is 11.0. The van der Waals surface area contributed by atoms with Crippen LogP contribution >= 0.6 is 11.6 Å². The molecule has 0 spiro atoms. The van der Waals surface area contributed by atoms with Crippen LogP contribution in [-0.4, -0.2) is 50.9 Å². The van der Waals surface area contributed by atoms with Crippen LogP contribution in [0.25, 0.3) is 0 Å². The Morgan fingerprint density at radius 1 is 0.925 bits per heavy atom. The summed E-state index contributed by atoms with van der Waals surface area (Å²) in [7, 11) is -4.16. The first-order chi connectivity index (χ1) is 19.0. The van der Waals surface area contributed by atoms with Crippen molar-refractivity contribution >= 4 is 39.1 Å². The van der Waals surface area contributed by atoms with Gasteiger partial charge in [0.2, 0.25) is 11.8 Å². The molecule has 0 aliphatic heterocycles. The molecule has 0 aromatic heterocycles. The van der Waals surface area contributed by atoms with Gasteiger partial charge in [0, 0.05) is 18.1 Å². The molecule has 0 fully saturated rings. The molecule has 0 heterocycles. The highest BCUT2D eigenvalue weighted by Gasteiger charge is 2.32. The smallest absolute Gasteiger partial charge is 0.264 e. The van der Waals surface area contributed by atoms with Crippen LogP contribution in [0.3, 0.4) is 0 Å². The van der Waals surface area contributed by atoms with Crippen LogP contribution in [0.2, 0.25) is 5.02 Å². The summed E-state index contributed by atoms with van der Waals surface area (Å²) in [6.07, 6.45) is 0. The number of ether oxygens (including phenoxy) is 1. The minimum absolute atomic E-state index is 0.00739. The van der Waals surface area contributed by atoms with Gasteiger partial charge >= 0.3 is 0 Å². The van der Waals surface area contributed by atoms with Gasteiger partial charge in [-0.15, -0.1) is 0 Å². The molecule has 214 valence electrons. The average molecular weight is 586 g/mol. The first-order valence-electron chi connectivity index (χ1n) is 13.2. The van der Waals surface area contributed by atoms with Crippen molar-refractivity contribution in [1.29, 1.82) is 0 Å². The van der Waals surface area contributed by atoms with E-state index in [0.29, 0.717) is 35.2 Å². The lowest BCUT2D eigenvalue weighted by Gasteiger charge is -2.32. The third-order valence-corrected chi connectivity index (χ3v) is 8.35. The molecule has 0 bridgehead atoms. The number of anilines is 1. The SMILES string of the molecule is CCOc1ccc(S(=O)(=O)N(CC(=O)N(Cc2ccccc2Cl)[C@H](C)C(=O)NCC(C)C)c2ccccc2)cc1. The topological polar surface area (TPSA) is 96.0 Å². The molecule has 3 aromatic rings. The summed E-state index contributed by atoms with van der Waals surface area (Å²) in [6.45, 7) is 7.80. The summed E-state index contributed by atoms with van der Waals surface area (Å²) in [5.41, 5.74) is 0.959. The number of nitrogens with zero attached hydrogens (tertiary/aromatic N) is 2. The zero-order valence-corrected chi connectivity index (χ0v) is 24.8. The predicted octanol–water partition coefficient (Wildman–Crippen LogP) is 5.12. The van der Waals surface area contributed by atoms with Gasteiger partial charge in [0.25, 0.3) is 10.0 Å². The highest BCUT2D eigenvalue weighted by molar-refractivity contribution is 7.92. The first-order valence-corrected chi connectivity index (χ1v) is 15.0. The molecule has 40 heavy (non-hydrogen) atoms. The fourth-order valence-electron chi connectivity index (χ4n) is 3.97. The molecule has 3 aromatic carbocycles. The fourth-order valence-corrected chi connectivity index (χ4v) is 5.58. The standard InChI is InChI=1S/C30H36ClN3O5S/c1-5-39-26-15-17-27(18-16-26)40(37,38)34(25-12-7-6-8-13-25)21-29(35)33(20-24-11-9-10-14-28(24)31)23(4)30(36)32-19-22(2)3/h6-18,22-23H,5,19-21H2,1-4H3,(H,32,36)/t23-/m1/s1. The summed E-state index contributed by atoms with van der Waals surface area (Å²) in [5, 5.41) is 3.31. The lowest BCUT2D eigenvalue weighted by atomic mass is 10.1. The Labute approximate surface area is 241 Å². The van der Waals surface area contributed by atoms with Crippen LogP contribution in [0.4, 0.5) is 5.69 Å². The van der Waals surface area contributed by atoms with E-state index in [1.54, 1.807) is 73.7 Å². The van der Waals surface area contributed by atoms with E-state index in [9.17, 15) is 18.0 Å². The van der Waals surface area contributed by atoms with Gasteiger partial charge in [-0.05, 0) is 67.8 Å². The van der Waals surface area contributed by atoms with Gasteiger partial charge in [0.1, 0.15) is 18.3 Å². The van der Waals surface area contributed by atoms with Crippen molar-refractivity contribution in [2.75, 3.05) is 24.0 Å². The van der Waals surface area contributed by atoms with E-state index < -0.39 is 28.5 Å². The number of para-hydroxylation sites is 1. The zero-order chi connectivity index (χ0) is 29.3. The second-order valence-corrected chi connectivity index (χ2v) is 11.9. The number of benzene rings is 3. The van der Waals surface area contributed by atoms with E-state index in [2.05, 4.69) is 5.32 Å². The molecule has 2 amide bonds. The van der Waals surface area contributed by atoms with Crippen molar-refractivity contribution in [3.63, 3.8) is 0 Å². The van der Waals surface area contributed by atoms with Gasteiger partial charge in [-0.2, -0.15) is 0 Å². The van der Waals surface area contributed by atoms with Crippen molar-refractivity contribution in [3.8, 4) is 5.75 Å². The Hall–Kier alpha value is -3.56. The van der Waals surface area contributed by atoms with E-state index in [4.69, 9.17) is 16.3 Å². The number of amides is 2. The van der Waals surface area contributed by atoms with Crippen LogP contribution in [0, 0.1) is 5.92 Å². The van der Waals surface area contributed by atoms with Crippen LogP contribution in [0.5, 0.6) is 5.75 Å². The average Bonchev–Trinajstić information content (AvgIpc) is 2.94. The second-order valence-electron chi connectivity index (χ2n) is 9.68. The maximum Gasteiger partial charge on any atom is 0.264 e. The second kappa shape index (κ2) is 14.2. The van der Waals surface area contributed by atoms with Crippen molar-refractivity contribution in [2.24, 2.45) is 5.92 Å². The van der Waals surface area contributed by atoms with E-state index in [0.717, 1.165) is 4.31 Å².